The summed E-state index contributed by atoms with van der Waals surface area (Å²) in [5.74, 6) is 6.92. The van der Waals surface area contributed by atoms with E-state index >= 15 is 0 Å². The van der Waals surface area contributed by atoms with Crippen molar-refractivity contribution in [3.63, 3.8) is 0 Å². The van der Waals surface area contributed by atoms with E-state index < -0.39 is 0 Å². The van der Waals surface area contributed by atoms with Crippen LogP contribution in [-0.2, 0) is 4.74 Å². The lowest BCUT2D eigenvalue weighted by molar-refractivity contribution is -0.0893. The molecule has 90 valence electrons. The summed E-state index contributed by atoms with van der Waals surface area (Å²) in [6.45, 7) is 6.70. The number of hydrazine groups is 1. The van der Waals surface area contributed by atoms with Crippen molar-refractivity contribution in [2.45, 2.75) is 58.1 Å². The van der Waals surface area contributed by atoms with E-state index in [9.17, 15) is 0 Å². The zero-order valence-corrected chi connectivity index (χ0v) is 10.5. The average Bonchev–Trinajstić information content (AvgIpc) is 2.18. The molecule has 0 amide bonds. The number of nitrogens with one attached hydrogen (secondary N) is 1. The molecular weight excluding hydrogens is 188 g/mol. The minimum atomic E-state index is -0.0550. The third-order valence-electron chi connectivity index (χ3n) is 3.81. The van der Waals surface area contributed by atoms with Crippen molar-refractivity contribution in [1.29, 1.82) is 0 Å². The Kier molecular flexibility index (Phi) is 4.56. The first-order valence-electron chi connectivity index (χ1n) is 6.07. The molecule has 1 rings (SSSR count). The van der Waals surface area contributed by atoms with Gasteiger partial charge in [0.15, 0.2) is 0 Å². The van der Waals surface area contributed by atoms with Crippen LogP contribution in [-0.4, -0.2) is 18.8 Å². The summed E-state index contributed by atoms with van der Waals surface area (Å²) in [6, 6.07) is 0.255. The molecule has 0 aromatic carbocycles. The van der Waals surface area contributed by atoms with E-state index in [2.05, 4.69) is 26.2 Å². The van der Waals surface area contributed by atoms with Crippen LogP contribution < -0.4 is 11.3 Å². The summed E-state index contributed by atoms with van der Waals surface area (Å²) in [6.07, 6.45) is 4.82. The number of nitrogens with two attached hydrogens (primary N) is 1. The van der Waals surface area contributed by atoms with Gasteiger partial charge < -0.3 is 4.74 Å². The smallest absolute Gasteiger partial charge is 0.0849 e. The van der Waals surface area contributed by atoms with Gasteiger partial charge in [-0.25, -0.2) is 0 Å². The topological polar surface area (TPSA) is 47.3 Å². The summed E-state index contributed by atoms with van der Waals surface area (Å²) in [4.78, 5) is 0. The van der Waals surface area contributed by atoms with Crippen molar-refractivity contribution in [2.24, 2.45) is 17.7 Å². The first-order valence-corrected chi connectivity index (χ1v) is 6.07. The van der Waals surface area contributed by atoms with Crippen LogP contribution in [0.25, 0.3) is 0 Å². The quantitative estimate of drug-likeness (QED) is 0.556. The van der Waals surface area contributed by atoms with E-state index in [1.807, 2.05) is 7.11 Å². The van der Waals surface area contributed by atoms with Crippen LogP contribution in [0.5, 0.6) is 0 Å². The van der Waals surface area contributed by atoms with Gasteiger partial charge in [-0.05, 0) is 24.7 Å². The maximum atomic E-state index is 5.82. The highest BCUT2D eigenvalue weighted by atomic mass is 16.5. The SMILES string of the molecule is COC1(C(NN)C(C)C)CCCC(C)C1. The van der Waals surface area contributed by atoms with Crippen molar-refractivity contribution in [3.8, 4) is 0 Å². The van der Waals surface area contributed by atoms with Gasteiger partial charge in [0.1, 0.15) is 0 Å². The number of methoxy groups -OCH3 is 1. The molecule has 0 aromatic heterocycles. The van der Waals surface area contributed by atoms with Gasteiger partial charge in [0.25, 0.3) is 0 Å². The van der Waals surface area contributed by atoms with Gasteiger partial charge in [0, 0.05) is 7.11 Å². The zero-order valence-electron chi connectivity index (χ0n) is 10.5. The lowest BCUT2D eigenvalue weighted by Crippen LogP contribution is -2.58. The fourth-order valence-electron chi connectivity index (χ4n) is 3.09. The van der Waals surface area contributed by atoms with E-state index in [4.69, 9.17) is 10.6 Å². The molecule has 3 unspecified atom stereocenters. The second kappa shape index (κ2) is 5.28. The molecule has 0 saturated heterocycles. The van der Waals surface area contributed by atoms with Crippen molar-refractivity contribution in [1.82, 2.24) is 5.43 Å². The number of rotatable bonds is 4. The summed E-state index contributed by atoms with van der Waals surface area (Å²) < 4.78 is 5.82. The van der Waals surface area contributed by atoms with Crippen molar-refractivity contribution >= 4 is 0 Å². The minimum Gasteiger partial charge on any atom is -0.377 e. The summed E-state index contributed by atoms with van der Waals surface area (Å²) >= 11 is 0. The van der Waals surface area contributed by atoms with Crippen LogP contribution in [0.15, 0.2) is 0 Å². The summed E-state index contributed by atoms with van der Waals surface area (Å²) in [7, 11) is 1.82. The highest BCUT2D eigenvalue weighted by molar-refractivity contribution is 4.97. The molecule has 0 spiro atoms. The second-order valence-electron chi connectivity index (χ2n) is 5.36. The van der Waals surface area contributed by atoms with E-state index in [1.165, 1.54) is 12.8 Å². The predicted molar refractivity (Wildman–Crippen MR) is 63.3 cm³/mol. The van der Waals surface area contributed by atoms with E-state index in [-0.39, 0.29) is 11.6 Å². The lowest BCUT2D eigenvalue weighted by atomic mass is 9.72. The third-order valence-corrected chi connectivity index (χ3v) is 3.81. The Morgan fingerprint density at radius 2 is 2.13 bits per heavy atom. The van der Waals surface area contributed by atoms with Gasteiger partial charge in [-0.2, -0.15) is 0 Å². The number of hydrogen-bond donors (Lipinski definition) is 2. The van der Waals surface area contributed by atoms with Gasteiger partial charge in [0.05, 0.1) is 11.6 Å². The van der Waals surface area contributed by atoms with Crippen LogP contribution in [0.3, 0.4) is 0 Å². The zero-order chi connectivity index (χ0) is 11.5. The number of ether oxygens (including phenoxy) is 1. The van der Waals surface area contributed by atoms with Crippen LogP contribution in [0.4, 0.5) is 0 Å². The first-order chi connectivity index (χ1) is 7.05. The second-order valence-corrected chi connectivity index (χ2v) is 5.36. The Morgan fingerprint density at radius 1 is 1.47 bits per heavy atom. The molecule has 0 aromatic rings. The molecule has 0 bridgehead atoms. The van der Waals surface area contributed by atoms with Gasteiger partial charge >= 0.3 is 0 Å². The normalized spacial score (nSPS) is 34.4. The fraction of sp³-hybridized carbons (Fsp3) is 1.00. The Bertz CT molecular complexity index is 196. The van der Waals surface area contributed by atoms with E-state index in [0.29, 0.717) is 5.92 Å². The van der Waals surface area contributed by atoms with E-state index in [1.54, 1.807) is 0 Å². The van der Waals surface area contributed by atoms with Gasteiger partial charge in [-0.1, -0.05) is 33.6 Å². The monoisotopic (exact) mass is 214 g/mol. The highest BCUT2D eigenvalue weighted by Crippen LogP contribution is 2.39. The Balaban J connectivity index is 2.81. The largest absolute Gasteiger partial charge is 0.377 e. The van der Waals surface area contributed by atoms with Crippen LogP contribution >= 0.6 is 0 Å². The third kappa shape index (κ3) is 2.71. The molecule has 3 atom stereocenters. The molecule has 1 aliphatic carbocycles. The number of hydrogen-bond acceptors (Lipinski definition) is 3. The minimum absolute atomic E-state index is 0.0550. The Hall–Kier alpha value is -0.120. The highest BCUT2D eigenvalue weighted by Gasteiger charge is 2.42. The summed E-state index contributed by atoms with van der Waals surface area (Å²) in [5, 5.41) is 0. The molecule has 0 heterocycles. The maximum Gasteiger partial charge on any atom is 0.0849 e. The van der Waals surface area contributed by atoms with Crippen molar-refractivity contribution in [3.05, 3.63) is 0 Å². The van der Waals surface area contributed by atoms with Gasteiger partial charge in [-0.3, -0.25) is 11.3 Å². The Labute approximate surface area is 93.7 Å². The Morgan fingerprint density at radius 3 is 2.53 bits per heavy atom. The lowest BCUT2D eigenvalue weighted by Gasteiger charge is -2.45. The van der Waals surface area contributed by atoms with E-state index in [0.717, 1.165) is 18.8 Å². The van der Waals surface area contributed by atoms with Crippen LogP contribution in [0, 0.1) is 11.8 Å². The molecule has 1 fully saturated rings. The maximum absolute atomic E-state index is 5.82. The predicted octanol–water partition coefficient (Wildman–Crippen LogP) is 2.07. The molecule has 0 aliphatic heterocycles. The van der Waals surface area contributed by atoms with Crippen LogP contribution in [0.2, 0.25) is 0 Å². The molecule has 3 N–H and O–H groups in total. The molecule has 1 aliphatic rings. The summed E-state index contributed by atoms with van der Waals surface area (Å²) in [5.41, 5.74) is 2.90. The molecular formula is C12H26N2O. The standard InChI is InChI=1S/C12H26N2O/c1-9(2)11(14-13)12(15-4)7-5-6-10(3)8-12/h9-11,14H,5-8,13H2,1-4H3. The molecule has 3 heteroatoms. The van der Waals surface area contributed by atoms with Gasteiger partial charge in [0.2, 0.25) is 0 Å². The molecule has 3 nitrogen and oxygen atoms in total. The van der Waals surface area contributed by atoms with Crippen molar-refractivity contribution in [2.75, 3.05) is 7.11 Å². The first kappa shape index (κ1) is 12.9. The average molecular weight is 214 g/mol. The molecule has 0 radical (unpaired) electrons. The van der Waals surface area contributed by atoms with Crippen molar-refractivity contribution < 1.29 is 4.74 Å². The van der Waals surface area contributed by atoms with Crippen LogP contribution in [0.1, 0.15) is 46.5 Å². The molecule has 1 saturated carbocycles. The fourth-order valence-corrected chi connectivity index (χ4v) is 3.09. The van der Waals surface area contributed by atoms with Gasteiger partial charge in [-0.15, -0.1) is 0 Å². The molecule has 15 heavy (non-hydrogen) atoms.